The molecule has 0 aliphatic rings. The maximum Gasteiger partial charge on any atom is 0.326 e. The van der Waals surface area contributed by atoms with E-state index in [1.54, 1.807) is 0 Å². The second-order valence-corrected chi connectivity index (χ2v) is 7.57. The molecule has 0 spiro atoms. The van der Waals surface area contributed by atoms with Crippen molar-refractivity contribution in [2.24, 2.45) is 0 Å². The first-order valence-electron chi connectivity index (χ1n) is 2.23. The fourth-order valence-corrected chi connectivity index (χ4v) is 0.278. The maximum absolute atomic E-state index is 4.94. The maximum atomic E-state index is 4.94. The van der Waals surface area contributed by atoms with Gasteiger partial charge >= 0.3 is 6.73 Å². The number of hydrogen-bond donors (Lipinski definition) is 1. The number of rotatable bonds is 0. The molecule has 0 saturated heterocycles. The molecule has 5 heteroatoms. The third kappa shape index (κ3) is 11.8. The van der Waals surface area contributed by atoms with Gasteiger partial charge in [0.2, 0.25) is 0 Å². The van der Waals surface area contributed by atoms with Gasteiger partial charge in [0.1, 0.15) is 0 Å². The molecule has 1 nitrogen and oxygen atoms in total. The molecule has 0 bridgehead atoms. The van der Waals surface area contributed by atoms with Gasteiger partial charge in [0.05, 0.1) is 0 Å². The Bertz CT molecular complexity index is 99.4. The van der Waals surface area contributed by atoms with Crippen LogP contribution in [-0.4, -0.2) is 11.7 Å². The van der Waals surface area contributed by atoms with E-state index in [1.807, 2.05) is 24.5 Å². The van der Waals surface area contributed by atoms with Gasteiger partial charge < -0.3 is 4.98 Å². The Balaban J connectivity index is 0.000000148. The van der Waals surface area contributed by atoms with E-state index in [0.29, 0.717) is 0 Å². The molecule has 0 aliphatic heterocycles. The second kappa shape index (κ2) is 6.49. The molecule has 0 unspecified atom stereocenters. The van der Waals surface area contributed by atoms with Crippen LogP contribution in [0.25, 0.3) is 0 Å². The molecule has 0 aromatic carbocycles. The molecule has 1 aromatic heterocycles. The molecule has 9 heavy (non-hydrogen) atoms. The average molecular weight is 203 g/mol. The highest BCUT2D eigenvalue weighted by molar-refractivity contribution is 7.54. The van der Waals surface area contributed by atoms with E-state index in [4.69, 9.17) is 33.2 Å². The van der Waals surface area contributed by atoms with E-state index in [-0.39, 0.29) is 0 Å². The van der Waals surface area contributed by atoms with Crippen molar-refractivity contribution >= 4 is 40.0 Å². The summed E-state index contributed by atoms with van der Waals surface area (Å²) in [4.78, 5) is 2.86. The van der Waals surface area contributed by atoms with Crippen LogP contribution in [0, 0.1) is 0 Å². The molecule has 1 N–H and O–H groups in total. The minimum absolute atomic E-state index is 1.72. The van der Waals surface area contributed by atoms with Crippen molar-refractivity contribution in [3.05, 3.63) is 24.5 Å². The monoisotopic (exact) mass is 201 g/mol. The molecule has 52 valence electrons. The molecular weight excluding hydrogens is 196 g/mol. The van der Waals surface area contributed by atoms with Crippen molar-refractivity contribution in [2.45, 2.75) is 0 Å². The Morgan fingerprint density at radius 3 is 1.44 bits per heavy atom. The lowest BCUT2D eigenvalue weighted by Gasteiger charge is -1.65. The quantitative estimate of drug-likeness (QED) is 0.491. The van der Waals surface area contributed by atoms with Gasteiger partial charge in [0.25, 0.3) is 0 Å². The zero-order valence-corrected chi connectivity index (χ0v) is 7.94. The van der Waals surface area contributed by atoms with Gasteiger partial charge in [-0.05, 0) is 12.1 Å². The summed E-state index contributed by atoms with van der Waals surface area (Å²) in [5.41, 5.74) is 0. The van der Waals surface area contributed by atoms with Crippen LogP contribution < -0.4 is 0 Å². The number of H-pyrrole nitrogens is 1. The molecule has 1 heterocycles. The summed E-state index contributed by atoms with van der Waals surface area (Å²) in [6.07, 6.45) is 3.75. The van der Waals surface area contributed by atoms with E-state index in [1.165, 1.54) is 0 Å². The van der Waals surface area contributed by atoms with Gasteiger partial charge in [0, 0.05) is 12.4 Å². The molecule has 1 rings (SSSR count). The lowest BCUT2D eigenvalue weighted by atomic mass is 10.7. The van der Waals surface area contributed by atoms with Crippen molar-refractivity contribution in [2.75, 3.05) is 0 Å². The molecule has 0 radical (unpaired) electrons. The summed E-state index contributed by atoms with van der Waals surface area (Å²) in [5, 5.41) is 0. The molecule has 0 aliphatic carbocycles. The highest BCUT2D eigenvalue weighted by Gasteiger charge is 1.85. The Labute approximate surface area is 69.6 Å². The number of hydrogen-bond acceptors (Lipinski definition) is 0. The smallest absolute Gasteiger partial charge is 0.326 e. The van der Waals surface area contributed by atoms with Crippen molar-refractivity contribution in [1.29, 1.82) is 0 Å². The van der Waals surface area contributed by atoms with E-state index in [0.717, 1.165) is 0 Å². The van der Waals surface area contributed by atoms with Crippen LogP contribution in [0.3, 0.4) is 0 Å². The van der Waals surface area contributed by atoms with Crippen LogP contribution in [0.5, 0.6) is 0 Å². The highest BCUT2D eigenvalue weighted by Crippen LogP contribution is 1.97. The topological polar surface area (TPSA) is 15.8 Å². The number of aromatic amines is 1. The van der Waals surface area contributed by atoms with E-state index in [2.05, 4.69) is 4.98 Å². The zero-order chi connectivity index (χ0) is 7.11. The molecule has 0 amide bonds. The van der Waals surface area contributed by atoms with Crippen LogP contribution in [0.4, 0.5) is 0 Å². The normalized spacial score (nSPS) is 8.44. The third-order valence-electron chi connectivity index (χ3n) is 0.496. The Kier molecular flexibility index (Phi) is 6.75. The summed E-state index contributed by atoms with van der Waals surface area (Å²) in [5.74, 6) is 0. The first-order chi connectivity index (χ1) is 4.23. The summed E-state index contributed by atoms with van der Waals surface area (Å²) in [6, 6.07) is 3.89. The predicted octanol–water partition coefficient (Wildman–Crippen LogP) is 2.43. The van der Waals surface area contributed by atoms with Crippen LogP contribution in [0.1, 0.15) is 0 Å². The van der Waals surface area contributed by atoms with E-state index in [9.17, 15) is 0 Å². The number of aromatic nitrogens is 1. The van der Waals surface area contributed by atoms with Crippen LogP contribution in [0.15, 0.2) is 24.5 Å². The first kappa shape index (κ1) is 9.37. The van der Waals surface area contributed by atoms with Gasteiger partial charge in [-0.3, -0.25) is 0 Å². The molecule has 0 fully saturated rings. The van der Waals surface area contributed by atoms with Crippen LogP contribution in [0.2, 0.25) is 0 Å². The fourth-order valence-electron chi connectivity index (χ4n) is 0.278. The lowest BCUT2D eigenvalue weighted by Crippen LogP contribution is -1.66. The SMILES string of the molecule is Cl[SiH](Cl)Cl.c1cc[nH]c1. The van der Waals surface area contributed by atoms with Gasteiger partial charge in [-0.1, -0.05) is 0 Å². The van der Waals surface area contributed by atoms with Crippen LogP contribution in [-0.2, 0) is 0 Å². The van der Waals surface area contributed by atoms with Crippen molar-refractivity contribution in [3.63, 3.8) is 0 Å². The third-order valence-corrected chi connectivity index (χ3v) is 0.496. The van der Waals surface area contributed by atoms with E-state index >= 15 is 0 Å². The molecule has 0 saturated carbocycles. The molecular formula is C4H6Cl3NSi. The van der Waals surface area contributed by atoms with Gasteiger partial charge in [0.15, 0.2) is 0 Å². The van der Waals surface area contributed by atoms with Gasteiger partial charge in [-0.15, -0.1) is 33.2 Å². The van der Waals surface area contributed by atoms with Crippen molar-refractivity contribution < 1.29 is 0 Å². The summed E-state index contributed by atoms with van der Waals surface area (Å²) in [7, 11) is 0. The van der Waals surface area contributed by atoms with Crippen molar-refractivity contribution in [3.8, 4) is 0 Å². The minimum atomic E-state index is -1.72. The number of halogens is 3. The second-order valence-electron chi connectivity index (χ2n) is 1.13. The summed E-state index contributed by atoms with van der Waals surface area (Å²) in [6.45, 7) is -1.72. The largest absolute Gasteiger partial charge is 0.368 e. The Morgan fingerprint density at radius 1 is 1.00 bits per heavy atom. The Hall–Kier alpha value is 0.367. The lowest BCUT2D eigenvalue weighted by molar-refractivity contribution is 1.42. The summed E-state index contributed by atoms with van der Waals surface area (Å²) >= 11 is 14.8. The van der Waals surface area contributed by atoms with Crippen LogP contribution >= 0.6 is 33.2 Å². The first-order valence-corrected chi connectivity index (χ1v) is 7.47. The van der Waals surface area contributed by atoms with E-state index < -0.39 is 6.73 Å². The summed E-state index contributed by atoms with van der Waals surface area (Å²) < 4.78 is 0. The minimum Gasteiger partial charge on any atom is -0.368 e. The zero-order valence-electron chi connectivity index (χ0n) is 4.52. The van der Waals surface area contributed by atoms with Gasteiger partial charge in [-0.25, -0.2) is 0 Å². The highest BCUT2D eigenvalue weighted by atomic mass is 35.8. The Morgan fingerprint density at radius 2 is 1.33 bits per heavy atom. The number of nitrogens with one attached hydrogen (secondary N) is 1. The van der Waals surface area contributed by atoms with Gasteiger partial charge in [-0.2, -0.15) is 0 Å². The average Bonchev–Trinajstić information content (AvgIpc) is 2.11. The van der Waals surface area contributed by atoms with Crippen molar-refractivity contribution in [1.82, 2.24) is 4.98 Å². The predicted molar refractivity (Wildman–Crippen MR) is 45.5 cm³/mol. The fraction of sp³-hybridized carbons (Fsp3) is 0. The molecule has 0 atom stereocenters. The molecule has 1 aromatic rings. The standard InChI is InChI=1S/C4H5N.Cl3HSi/c1-2-4-5-3-1;1-4(2)3/h1-5H;4H.